The van der Waals surface area contributed by atoms with Crippen LogP contribution in [0.5, 0.6) is 46.0 Å². The molecule has 11 bridgehead atoms. The molecule has 7 heterocycles. The van der Waals surface area contributed by atoms with Gasteiger partial charge in [-0.1, -0.05) is 69.1 Å². The summed E-state index contributed by atoms with van der Waals surface area (Å²) >= 11 is 14.4. The van der Waals surface area contributed by atoms with Gasteiger partial charge in [0.15, 0.2) is 41.2 Å². The summed E-state index contributed by atoms with van der Waals surface area (Å²) < 4.78 is 39.2. The molecule has 103 heavy (non-hydrogen) atoms. The average molecular weight is 1470 g/mol. The van der Waals surface area contributed by atoms with Gasteiger partial charge in [0.25, 0.3) is 0 Å². The van der Waals surface area contributed by atoms with Gasteiger partial charge in [-0.25, -0.2) is 0 Å². The molecule has 0 radical (unpaired) electrons. The molecule has 0 spiro atoms. The summed E-state index contributed by atoms with van der Waals surface area (Å²) in [6.45, 7) is 11.9. The van der Waals surface area contributed by atoms with E-state index in [4.69, 9.17) is 57.4 Å². The van der Waals surface area contributed by atoms with Gasteiger partial charge in [-0.2, -0.15) is 0 Å². The Morgan fingerprint density at radius 2 is 1.41 bits per heavy atom. The van der Waals surface area contributed by atoms with Crippen molar-refractivity contribution in [1.29, 1.82) is 0 Å². The summed E-state index contributed by atoms with van der Waals surface area (Å²) in [4.78, 5) is 119. The number of likely N-dealkylation sites (N-methyl/N-ethyl adjacent to an activating group) is 1. The van der Waals surface area contributed by atoms with Gasteiger partial charge in [-0.15, -0.1) is 0 Å². The first kappa shape index (κ1) is 77.1. The van der Waals surface area contributed by atoms with E-state index in [0.29, 0.717) is 12.8 Å². The van der Waals surface area contributed by atoms with Crippen molar-refractivity contribution in [3.05, 3.63) is 116 Å². The molecule has 0 aliphatic carbocycles. The number of carbonyl (C=O) groups is 8. The molecule has 0 saturated carbocycles. The van der Waals surface area contributed by atoms with Crippen molar-refractivity contribution in [3.8, 4) is 57.1 Å². The zero-order valence-corrected chi connectivity index (χ0v) is 59.4. The van der Waals surface area contributed by atoms with E-state index in [-0.39, 0.29) is 78.4 Å². The fourth-order valence-corrected chi connectivity index (χ4v) is 14.4. The standard InChI is InChI=1S/C73H86Cl2N6O22/c1-10-34(17-29(2)3)68(94)81-60-47(86)21-39(24-54(76)88)69(95)80-59-38-22-51(65(52(23-38)100-50-16-13-37(62(60)90)20-44(50)75)103-72-66(64(92)63(91)53(28-82)101-72)102-55-27-73(8,77-9)67(93)33(7)98-55)99-49-15-12-35(19-43(49)74)30(4)57-71(97)79-58(32(6)83)42-26-46(85)31(5)61(89)56(42)41-18-36(11-14-45(41)84)40(25-48(59)87)70(96)78-57/h11-16,18-20,22-23,26,29-30,33-34,39-40,53,55,57-60,62-64,66-67,72,77,82,84-85,89-93H,10,17,21,24-25,27-28H2,1-9H3,(H2,76,88)(H,78,96)(H,79,97)(H,80,95)(H,81,94)/t30-,33+,34-,39-,40-,53-,55?,57+,58-,59?,60?,62+,63+,64+,66+,67-,72+,73-/m0/s1. The van der Waals surface area contributed by atoms with Crippen LogP contribution in [0.25, 0.3) is 11.1 Å². The third-order valence-electron chi connectivity index (χ3n) is 20.1. The third kappa shape index (κ3) is 16.1. The highest BCUT2D eigenvalue weighted by molar-refractivity contribution is 6.32. The first-order valence-electron chi connectivity index (χ1n) is 33.9. The lowest BCUT2D eigenvalue weighted by Crippen LogP contribution is -2.65. The molecule has 5 aromatic rings. The number of nitrogens with two attached hydrogens (primary N) is 1. The number of primary amides is 1. The number of hydrogen-bond donors (Lipinski definition) is 14. The van der Waals surface area contributed by atoms with Crippen molar-refractivity contribution in [2.75, 3.05) is 13.7 Å². The molecule has 0 aromatic heterocycles. The lowest BCUT2D eigenvalue weighted by Gasteiger charge is -2.48. The normalized spacial score (nSPS) is 29.3. The summed E-state index contributed by atoms with van der Waals surface area (Å²) in [5.41, 5.74) is 3.79. The molecule has 30 heteroatoms. The molecular weight excluding hydrogens is 1380 g/mol. The molecule has 28 nitrogen and oxygen atoms in total. The van der Waals surface area contributed by atoms with Crippen LogP contribution in [0.1, 0.15) is 150 Å². The first-order valence-corrected chi connectivity index (χ1v) is 34.6. The van der Waals surface area contributed by atoms with Crippen LogP contribution in [0.3, 0.4) is 0 Å². The monoisotopic (exact) mass is 1470 g/mol. The Labute approximate surface area is 602 Å². The highest BCUT2D eigenvalue weighted by Crippen LogP contribution is 2.51. The molecule has 7 aliphatic heterocycles. The molecule has 3 unspecified atom stereocenters. The predicted octanol–water partition coefficient (Wildman–Crippen LogP) is 5.66. The maximum Gasteiger partial charge on any atom is 0.244 e. The Hall–Kier alpha value is -8.52. The molecule has 18 atom stereocenters. The van der Waals surface area contributed by atoms with Crippen LogP contribution in [-0.2, 0) is 52.6 Å². The number of benzene rings is 5. The van der Waals surface area contributed by atoms with E-state index in [1.165, 1.54) is 68.4 Å². The lowest BCUT2D eigenvalue weighted by atomic mass is 9.83. The molecule has 7 aliphatic rings. The SMILES string of the molecule is CC[C@@H](CC(C)C)C(=O)NC1C(=O)C[C@@H](CC(N)=O)C(=O)NC2C(=O)C[C@@H]3C(=O)N[C@@H](C(=O)N[C@@H](C(C)=O)c4cc(O)c(C)c(O)c4-c4cc3ccc4O)[C@@H](C)c3ccc(c(Cl)c3)Oc3cc2cc(c3O[C@H]2O[C@@H](CO)[C@@H](O)[C@@H](O)[C@H]2OC2C[C@](C)(NC)[C@@H](O)[C@@H](C)O2)Oc2ccc(cc2Cl)[C@H]1O. The average Bonchev–Trinajstić information content (AvgIpc) is 0.762. The number of hydrogen-bond acceptors (Lipinski definition) is 23. The fourth-order valence-electron chi connectivity index (χ4n) is 13.9. The number of ether oxygens (including phenoxy) is 6. The molecule has 554 valence electrons. The summed E-state index contributed by atoms with van der Waals surface area (Å²) in [5, 5.41) is 106. The highest BCUT2D eigenvalue weighted by atomic mass is 35.5. The van der Waals surface area contributed by atoms with Crippen LogP contribution in [0.4, 0.5) is 0 Å². The minimum absolute atomic E-state index is 0.00447. The third-order valence-corrected chi connectivity index (χ3v) is 20.7. The van der Waals surface area contributed by atoms with Crippen LogP contribution >= 0.6 is 23.2 Å². The Kier molecular flexibility index (Phi) is 23.5. The Morgan fingerprint density at radius 3 is 2.01 bits per heavy atom. The van der Waals surface area contributed by atoms with Crippen molar-refractivity contribution in [1.82, 2.24) is 26.6 Å². The van der Waals surface area contributed by atoms with Crippen molar-refractivity contribution in [2.45, 2.75) is 191 Å². The molecule has 2 saturated heterocycles. The summed E-state index contributed by atoms with van der Waals surface area (Å²) in [6, 6.07) is 7.87. The largest absolute Gasteiger partial charge is 0.508 e. The van der Waals surface area contributed by atoms with Crippen molar-refractivity contribution < 1.29 is 108 Å². The molecular formula is C73H86Cl2N6O22. The topological polar surface area (TPSA) is 440 Å². The number of carbonyl (C=O) groups excluding carboxylic acids is 8. The second-order valence-electron chi connectivity index (χ2n) is 27.7. The minimum atomic E-state index is -2.11. The van der Waals surface area contributed by atoms with E-state index in [1.807, 2.05) is 13.8 Å². The Bertz CT molecular complexity index is 4140. The number of amides is 5. The number of ketones is 3. The van der Waals surface area contributed by atoms with Gasteiger partial charge in [0.2, 0.25) is 41.6 Å². The summed E-state index contributed by atoms with van der Waals surface area (Å²) in [7, 11) is 1.61. The van der Waals surface area contributed by atoms with Gasteiger partial charge < -0.3 is 102 Å². The van der Waals surface area contributed by atoms with Gasteiger partial charge in [-0.3, -0.25) is 38.4 Å². The number of Topliss-reactive ketones (excluding diaryl/α,β-unsaturated/α-hetero) is 3. The van der Waals surface area contributed by atoms with E-state index < -0.39 is 216 Å². The van der Waals surface area contributed by atoms with Crippen molar-refractivity contribution in [2.24, 2.45) is 23.5 Å². The zero-order valence-electron chi connectivity index (χ0n) is 57.9. The lowest BCUT2D eigenvalue weighted by molar-refractivity contribution is -0.334. The number of aliphatic hydroxyl groups excluding tert-OH is 5. The van der Waals surface area contributed by atoms with Crippen LogP contribution < -0.4 is 46.5 Å². The van der Waals surface area contributed by atoms with Crippen LogP contribution in [0.15, 0.2) is 72.8 Å². The van der Waals surface area contributed by atoms with Crippen molar-refractivity contribution in [3.63, 3.8) is 0 Å². The van der Waals surface area contributed by atoms with Gasteiger partial charge >= 0.3 is 0 Å². The second kappa shape index (κ2) is 31.4. The second-order valence-corrected chi connectivity index (χ2v) is 28.6. The quantitative estimate of drug-likeness (QED) is 0.0637. The number of aromatic hydroxyl groups is 3. The number of rotatable bonds is 14. The van der Waals surface area contributed by atoms with Gasteiger partial charge in [0.05, 0.1) is 40.7 Å². The number of nitrogens with one attached hydrogen (secondary N) is 5. The van der Waals surface area contributed by atoms with E-state index in [9.17, 15) is 55.2 Å². The van der Waals surface area contributed by atoms with E-state index in [0.717, 1.165) is 25.1 Å². The first-order chi connectivity index (χ1) is 48.6. The van der Waals surface area contributed by atoms with Gasteiger partial charge in [-0.05, 0) is 136 Å². The van der Waals surface area contributed by atoms with Crippen molar-refractivity contribution >= 4 is 70.1 Å². The van der Waals surface area contributed by atoms with E-state index in [2.05, 4.69) is 26.6 Å². The number of phenols is 3. The number of halogens is 2. The summed E-state index contributed by atoms with van der Waals surface area (Å²) in [6.07, 6.45) is -16.5. The van der Waals surface area contributed by atoms with E-state index >= 15 is 24.0 Å². The van der Waals surface area contributed by atoms with Crippen LogP contribution in [0, 0.1) is 24.7 Å². The summed E-state index contributed by atoms with van der Waals surface area (Å²) in [5.74, 6) is -16.8. The van der Waals surface area contributed by atoms with Crippen LogP contribution in [-0.4, -0.2) is 168 Å². The van der Waals surface area contributed by atoms with E-state index in [1.54, 1.807) is 27.8 Å². The van der Waals surface area contributed by atoms with Crippen LogP contribution in [0.2, 0.25) is 10.0 Å². The highest BCUT2D eigenvalue weighted by Gasteiger charge is 2.52. The Morgan fingerprint density at radius 1 is 0.767 bits per heavy atom. The maximum absolute atomic E-state index is 16.3. The van der Waals surface area contributed by atoms with Gasteiger partial charge in [0, 0.05) is 59.7 Å². The maximum atomic E-state index is 16.3. The molecule has 5 amide bonds. The number of phenolic OH excluding ortho intramolecular Hbond substituents is 3. The van der Waals surface area contributed by atoms with Gasteiger partial charge in [0.1, 0.15) is 77.3 Å². The predicted molar refractivity (Wildman–Crippen MR) is 369 cm³/mol. The smallest absolute Gasteiger partial charge is 0.244 e. The number of fused-ring (bicyclic) bond motifs is 15. The molecule has 2 fully saturated rings. The number of aliphatic hydroxyl groups is 5. The molecule has 15 N–H and O–H groups in total. The zero-order chi connectivity index (χ0) is 75.1. The minimum Gasteiger partial charge on any atom is -0.508 e. The Balaban J connectivity index is 1.24. The molecule has 12 rings (SSSR count). The molecule has 5 aromatic carbocycles. The fraction of sp³-hybridized carbons (Fsp3) is 0.479.